The third kappa shape index (κ3) is 7.66. The molecule has 36 heavy (non-hydrogen) atoms. The summed E-state index contributed by atoms with van der Waals surface area (Å²) in [5.74, 6) is 0.840. The summed E-state index contributed by atoms with van der Waals surface area (Å²) in [6.45, 7) is 9.31. The number of hydrogen-bond acceptors (Lipinski definition) is 4. The van der Waals surface area contributed by atoms with E-state index < -0.39 is 15.9 Å². The van der Waals surface area contributed by atoms with E-state index in [1.807, 2.05) is 19.0 Å². The maximum Gasteiger partial charge on any atom is 0.264 e. The molecule has 2 aromatic carbocycles. The summed E-state index contributed by atoms with van der Waals surface area (Å²) in [5.41, 5.74) is 5.63. The van der Waals surface area contributed by atoms with Gasteiger partial charge in [0.2, 0.25) is 5.91 Å². The van der Waals surface area contributed by atoms with Crippen molar-refractivity contribution >= 4 is 15.9 Å². The molecule has 0 bridgehead atoms. The quantitative estimate of drug-likeness (QED) is 0.391. The van der Waals surface area contributed by atoms with Gasteiger partial charge >= 0.3 is 0 Å². The first-order valence-electron chi connectivity index (χ1n) is 13.4. The zero-order chi connectivity index (χ0) is 26.5. The number of benzene rings is 2. The van der Waals surface area contributed by atoms with Gasteiger partial charge in [-0.05, 0) is 84.6 Å². The van der Waals surface area contributed by atoms with Crippen LogP contribution in [0.15, 0.2) is 41.3 Å². The number of rotatable bonds is 11. The highest BCUT2D eigenvalue weighted by Crippen LogP contribution is 2.33. The first-order chi connectivity index (χ1) is 17.0. The van der Waals surface area contributed by atoms with Crippen molar-refractivity contribution in [2.45, 2.75) is 95.9 Å². The van der Waals surface area contributed by atoms with Crippen LogP contribution >= 0.6 is 0 Å². The Labute approximate surface area is 218 Å². The Morgan fingerprint density at radius 2 is 1.50 bits per heavy atom. The summed E-state index contributed by atoms with van der Waals surface area (Å²) in [4.78, 5) is 15.2. The number of hydrogen-bond donors (Lipinski definition) is 1. The van der Waals surface area contributed by atoms with Crippen molar-refractivity contribution in [3.8, 4) is 0 Å². The van der Waals surface area contributed by atoms with E-state index in [2.05, 4.69) is 44.5 Å². The lowest BCUT2D eigenvalue weighted by Gasteiger charge is -2.22. The van der Waals surface area contributed by atoms with Crippen LogP contribution in [0.2, 0.25) is 0 Å². The molecule has 0 radical (unpaired) electrons. The molecule has 6 heteroatoms. The molecule has 1 aliphatic rings. The molecule has 0 unspecified atom stereocenters. The van der Waals surface area contributed by atoms with Crippen molar-refractivity contribution in [3.05, 3.63) is 64.2 Å². The SMILES string of the molecule is CC(C)c1cc(CCC2CCCC2)cc(C(C)C)c1CC(=O)NS(=O)(=O)c1ccc(CN(C)C)cc1. The van der Waals surface area contributed by atoms with Gasteiger partial charge in [0.15, 0.2) is 0 Å². The van der Waals surface area contributed by atoms with Crippen molar-refractivity contribution in [3.63, 3.8) is 0 Å². The first kappa shape index (κ1) is 28.4. The molecule has 1 saturated carbocycles. The molecule has 2 aromatic rings. The molecular formula is C30H44N2O3S. The maximum atomic E-state index is 13.1. The summed E-state index contributed by atoms with van der Waals surface area (Å²) < 4.78 is 28.2. The largest absolute Gasteiger partial charge is 0.305 e. The zero-order valence-electron chi connectivity index (χ0n) is 22.9. The second-order valence-corrected chi connectivity index (χ2v) is 13.0. The molecule has 0 saturated heterocycles. The van der Waals surface area contributed by atoms with Crippen LogP contribution in [0.1, 0.15) is 99.5 Å². The van der Waals surface area contributed by atoms with Crippen LogP contribution in [0.4, 0.5) is 0 Å². The van der Waals surface area contributed by atoms with Gasteiger partial charge in [0.25, 0.3) is 10.0 Å². The smallest absolute Gasteiger partial charge is 0.264 e. The van der Waals surface area contributed by atoms with Crippen molar-refractivity contribution in [1.82, 2.24) is 9.62 Å². The predicted molar refractivity (Wildman–Crippen MR) is 148 cm³/mol. The summed E-state index contributed by atoms with van der Waals surface area (Å²) in [6, 6.07) is 11.2. The Morgan fingerprint density at radius 1 is 0.944 bits per heavy atom. The van der Waals surface area contributed by atoms with Gasteiger partial charge in [-0.3, -0.25) is 4.79 Å². The Hall–Kier alpha value is -2.18. The number of carbonyl (C=O) groups excluding carboxylic acids is 1. The third-order valence-electron chi connectivity index (χ3n) is 7.26. The van der Waals surface area contributed by atoms with Gasteiger partial charge in [0.1, 0.15) is 0 Å². The topological polar surface area (TPSA) is 66.5 Å². The molecule has 198 valence electrons. The van der Waals surface area contributed by atoms with E-state index in [9.17, 15) is 13.2 Å². The van der Waals surface area contributed by atoms with Gasteiger partial charge < -0.3 is 4.90 Å². The molecule has 1 N–H and O–H groups in total. The normalized spacial score (nSPS) is 14.8. The molecule has 1 fully saturated rings. The third-order valence-corrected chi connectivity index (χ3v) is 8.65. The van der Waals surface area contributed by atoms with E-state index in [0.717, 1.165) is 41.1 Å². The van der Waals surface area contributed by atoms with E-state index in [1.54, 1.807) is 24.3 Å². The van der Waals surface area contributed by atoms with Crippen molar-refractivity contribution in [2.24, 2.45) is 5.92 Å². The monoisotopic (exact) mass is 512 g/mol. The second kappa shape index (κ2) is 12.4. The van der Waals surface area contributed by atoms with Crippen LogP contribution in [0.25, 0.3) is 0 Å². The summed E-state index contributed by atoms with van der Waals surface area (Å²) >= 11 is 0. The molecule has 3 rings (SSSR count). The summed E-state index contributed by atoms with van der Waals surface area (Å²) in [5, 5.41) is 0. The average molecular weight is 513 g/mol. The molecule has 1 amide bonds. The molecule has 0 aromatic heterocycles. The van der Waals surface area contributed by atoms with Crippen LogP contribution in [0, 0.1) is 5.92 Å². The number of amides is 1. The molecular weight excluding hydrogens is 468 g/mol. The lowest BCUT2D eigenvalue weighted by atomic mass is 9.84. The van der Waals surface area contributed by atoms with E-state index in [-0.39, 0.29) is 23.2 Å². The fourth-order valence-electron chi connectivity index (χ4n) is 5.38. The van der Waals surface area contributed by atoms with Gasteiger partial charge in [-0.1, -0.05) is 77.6 Å². The van der Waals surface area contributed by atoms with Gasteiger partial charge in [-0.15, -0.1) is 0 Å². The molecule has 1 aliphatic carbocycles. The Balaban J connectivity index is 1.79. The fourth-order valence-corrected chi connectivity index (χ4v) is 6.36. The number of carbonyl (C=O) groups is 1. The number of aryl methyl sites for hydroxylation is 1. The average Bonchev–Trinajstić information content (AvgIpc) is 3.31. The van der Waals surface area contributed by atoms with Crippen LogP contribution in [-0.2, 0) is 34.2 Å². The molecule has 0 spiro atoms. The molecule has 0 heterocycles. The van der Waals surface area contributed by atoms with Gasteiger partial charge in [-0.25, -0.2) is 13.1 Å². The summed E-state index contributed by atoms with van der Waals surface area (Å²) in [6.07, 6.45) is 7.75. The van der Waals surface area contributed by atoms with E-state index in [4.69, 9.17) is 0 Å². The minimum atomic E-state index is -3.93. The van der Waals surface area contributed by atoms with Gasteiger partial charge in [-0.2, -0.15) is 0 Å². The first-order valence-corrected chi connectivity index (χ1v) is 14.9. The highest BCUT2D eigenvalue weighted by molar-refractivity contribution is 7.90. The van der Waals surface area contributed by atoms with Crippen LogP contribution in [0.5, 0.6) is 0 Å². The lowest BCUT2D eigenvalue weighted by molar-refractivity contribution is -0.118. The standard InChI is InChI=1S/C30H44N2O3S/c1-21(2)27-17-25(12-11-23-9-7-8-10-23)18-28(22(3)4)29(27)19-30(33)31-36(34,35)26-15-13-24(14-16-26)20-32(5)6/h13-18,21-23H,7-12,19-20H2,1-6H3,(H,31,33). The lowest BCUT2D eigenvalue weighted by Crippen LogP contribution is -2.32. The minimum Gasteiger partial charge on any atom is -0.305 e. The van der Waals surface area contributed by atoms with Crippen molar-refractivity contribution in [1.29, 1.82) is 0 Å². The van der Waals surface area contributed by atoms with Crippen molar-refractivity contribution in [2.75, 3.05) is 14.1 Å². The number of nitrogens with one attached hydrogen (secondary N) is 1. The predicted octanol–water partition coefficient (Wildman–Crippen LogP) is 6.17. The zero-order valence-corrected chi connectivity index (χ0v) is 23.7. The van der Waals surface area contributed by atoms with Crippen LogP contribution in [0.3, 0.4) is 0 Å². The van der Waals surface area contributed by atoms with Crippen LogP contribution in [-0.4, -0.2) is 33.3 Å². The number of nitrogens with zero attached hydrogens (tertiary/aromatic N) is 1. The molecule has 0 atom stereocenters. The highest BCUT2D eigenvalue weighted by Gasteiger charge is 2.23. The Kier molecular flexibility index (Phi) is 9.76. The summed E-state index contributed by atoms with van der Waals surface area (Å²) in [7, 11) is -0.00609. The van der Waals surface area contributed by atoms with E-state index in [1.165, 1.54) is 37.7 Å². The highest BCUT2D eigenvalue weighted by atomic mass is 32.2. The van der Waals surface area contributed by atoms with E-state index in [0.29, 0.717) is 0 Å². The Morgan fingerprint density at radius 3 is 2.00 bits per heavy atom. The fraction of sp³-hybridized carbons (Fsp3) is 0.567. The van der Waals surface area contributed by atoms with E-state index >= 15 is 0 Å². The van der Waals surface area contributed by atoms with Crippen LogP contribution < -0.4 is 4.72 Å². The molecule has 0 aliphatic heterocycles. The second-order valence-electron chi connectivity index (χ2n) is 11.3. The number of sulfonamides is 1. The minimum absolute atomic E-state index is 0.0574. The maximum absolute atomic E-state index is 13.1. The van der Waals surface area contributed by atoms with Gasteiger partial charge in [0, 0.05) is 6.54 Å². The molecule has 5 nitrogen and oxygen atoms in total. The van der Waals surface area contributed by atoms with Gasteiger partial charge in [0.05, 0.1) is 11.3 Å². The Bertz CT molecular complexity index is 1100. The van der Waals surface area contributed by atoms with Crippen molar-refractivity contribution < 1.29 is 13.2 Å².